The first kappa shape index (κ1) is 29.0. The zero-order chi connectivity index (χ0) is 33.0. The van der Waals surface area contributed by atoms with Gasteiger partial charge < -0.3 is 0 Å². The summed E-state index contributed by atoms with van der Waals surface area (Å²) in [5.74, 6) is 2.00. The van der Waals surface area contributed by atoms with Gasteiger partial charge in [-0.25, -0.2) is 15.0 Å². The Bertz CT molecular complexity index is 2810. The van der Waals surface area contributed by atoms with Crippen molar-refractivity contribution in [1.29, 1.82) is 0 Å². The van der Waals surface area contributed by atoms with Gasteiger partial charge in [-0.2, -0.15) is 0 Å². The number of rotatable bonds is 5. The summed E-state index contributed by atoms with van der Waals surface area (Å²) in [6.07, 6.45) is 0. The maximum Gasteiger partial charge on any atom is 0.164 e. The van der Waals surface area contributed by atoms with Crippen LogP contribution in [0.15, 0.2) is 164 Å². The zero-order valence-corrected chi connectivity index (χ0v) is 28.4. The normalized spacial score (nSPS) is 11.6. The second-order valence-corrected chi connectivity index (χ2v) is 14.5. The van der Waals surface area contributed by atoms with Crippen LogP contribution in [0.2, 0.25) is 0 Å². The van der Waals surface area contributed by atoms with Crippen LogP contribution < -0.4 is 0 Å². The third-order valence-corrected chi connectivity index (χ3v) is 11.7. The van der Waals surface area contributed by atoms with Gasteiger partial charge in [-0.05, 0) is 34.9 Å². The fraction of sp³-hybridized carbons (Fsp3) is 0. The van der Waals surface area contributed by atoms with Gasteiger partial charge in [0.25, 0.3) is 0 Å². The van der Waals surface area contributed by atoms with Crippen LogP contribution in [-0.4, -0.2) is 15.0 Å². The van der Waals surface area contributed by atoms with Gasteiger partial charge in [0, 0.05) is 62.6 Å². The number of hydrogen-bond donors (Lipinski definition) is 0. The summed E-state index contributed by atoms with van der Waals surface area (Å²) in [6.45, 7) is 0. The largest absolute Gasteiger partial charge is 0.208 e. The number of thiophene rings is 2. The minimum absolute atomic E-state index is 0.667. The molecule has 0 saturated carbocycles. The fourth-order valence-electron chi connectivity index (χ4n) is 6.95. The monoisotopic (exact) mass is 673 g/mol. The molecule has 10 rings (SSSR count). The Kier molecular flexibility index (Phi) is 6.86. The maximum absolute atomic E-state index is 4.97. The molecule has 0 aliphatic carbocycles. The van der Waals surface area contributed by atoms with Crippen LogP contribution in [0, 0.1) is 0 Å². The Morgan fingerprint density at radius 3 is 1.50 bits per heavy atom. The number of aromatic nitrogens is 3. The predicted molar refractivity (Wildman–Crippen MR) is 213 cm³/mol. The first-order valence-corrected chi connectivity index (χ1v) is 18.2. The third-order valence-electron chi connectivity index (χ3n) is 9.36. The molecule has 5 heteroatoms. The molecule has 0 saturated heterocycles. The van der Waals surface area contributed by atoms with Crippen LogP contribution in [0.5, 0.6) is 0 Å². The Balaban J connectivity index is 1.08. The molecule has 10 aromatic rings. The number of nitrogens with zero attached hydrogens (tertiary/aromatic N) is 3. The van der Waals surface area contributed by atoms with Gasteiger partial charge in [-0.1, -0.05) is 146 Å². The van der Waals surface area contributed by atoms with Crippen molar-refractivity contribution < 1.29 is 0 Å². The second kappa shape index (κ2) is 11.8. The van der Waals surface area contributed by atoms with E-state index >= 15 is 0 Å². The molecule has 0 fully saturated rings. The van der Waals surface area contributed by atoms with Gasteiger partial charge in [0.2, 0.25) is 0 Å². The van der Waals surface area contributed by atoms with Crippen molar-refractivity contribution in [3.05, 3.63) is 164 Å². The van der Waals surface area contributed by atoms with Crippen LogP contribution in [0.1, 0.15) is 0 Å². The Hall–Kier alpha value is -6.01. The molecule has 0 radical (unpaired) electrons. The predicted octanol–water partition coefficient (Wildman–Crippen LogP) is 12.9. The minimum Gasteiger partial charge on any atom is -0.208 e. The summed E-state index contributed by atoms with van der Waals surface area (Å²) in [6, 6.07) is 58.0. The highest BCUT2D eigenvalue weighted by Gasteiger charge is 2.17. The molecule has 3 heterocycles. The van der Waals surface area contributed by atoms with E-state index in [1.165, 1.54) is 62.6 Å². The van der Waals surface area contributed by atoms with Crippen molar-refractivity contribution in [2.75, 3.05) is 0 Å². The zero-order valence-electron chi connectivity index (χ0n) is 26.7. The van der Waals surface area contributed by atoms with Crippen LogP contribution in [0.25, 0.3) is 96.8 Å². The van der Waals surface area contributed by atoms with E-state index in [9.17, 15) is 0 Å². The van der Waals surface area contributed by atoms with Gasteiger partial charge in [-0.15, -0.1) is 22.7 Å². The molecule has 0 aliphatic rings. The maximum atomic E-state index is 4.97. The molecule has 50 heavy (non-hydrogen) atoms. The van der Waals surface area contributed by atoms with Gasteiger partial charge >= 0.3 is 0 Å². The smallest absolute Gasteiger partial charge is 0.164 e. The molecule has 234 valence electrons. The van der Waals surface area contributed by atoms with E-state index in [0.717, 1.165) is 16.7 Å². The van der Waals surface area contributed by atoms with E-state index in [2.05, 4.69) is 103 Å². The van der Waals surface area contributed by atoms with Crippen molar-refractivity contribution in [2.24, 2.45) is 0 Å². The molecule has 7 aromatic carbocycles. The lowest BCUT2D eigenvalue weighted by atomic mass is 9.93. The van der Waals surface area contributed by atoms with Crippen molar-refractivity contribution in [1.82, 2.24) is 15.0 Å². The fourth-order valence-corrected chi connectivity index (χ4v) is 9.37. The lowest BCUT2D eigenvalue weighted by Gasteiger charge is -2.11. The molecular formula is C45H27N3S2. The van der Waals surface area contributed by atoms with E-state index < -0.39 is 0 Å². The number of benzene rings is 7. The van der Waals surface area contributed by atoms with E-state index in [-0.39, 0.29) is 0 Å². The van der Waals surface area contributed by atoms with Crippen molar-refractivity contribution in [3.8, 4) is 56.4 Å². The van der Waals surface area contributed by atoms with Gasteiger partial charge in [0.15, 0.2) is 17.5 Å². The van der Waals surface area contributed by atoms with E-state index in [1.807, 2.05) is 83.3 Å². The first-order valence-electron chi connectivity index (χ1n) is 16.6. The Morgan fingerprint density at radius 2 is 0.800 bits per heavy atom. The van der Waals surface area contributed by atoms with Crippen LogP contribution in [0.3, 0.4) is 0 Å². The summed E-state index contributed by atoms with van der Waals surface area (Å²) in [5, 5.41) is 5.14. The van der Waals surface area contributed by atoms with Crippen LogP contribution in [-0.2, 0) is 0 Å². The van der Waals surface area contributed by atoms with Gasteiger partial charge in [0.05, 0.1) is 0 Å². The molecule has 0 atom stereocenters. The van der Waals surface area contributed by atoms with Gasteiger partial charge in [0.1, 0.15) is 0 Å². The van der Waals surface area contributed by atoms with Crippen molar-refractivity contribution in [3.63, 3.8) is 0 Å². The summed E-state index contributed by atoms with van der Waals surface area (Å²) >= 11 is 3.70. The lowest BCUT2D eigenvalue weighted by molar-refractivity contribution is 1.07. The van der Waals surface area contributed by atoms with E-state index in [1.54, 1.807) is 0 Å². The van der Waals surface area contributed by atoms with Crippen LogP contribution in [0.4, 0.5) is 0 Å². The molecular weight excluding hydrogens is 647 g/mol. The summed E-state index contributed by atoms with van der Waals surface area (Å²) < 4.78 is 5.13. The molecule has 0 N–H and O–H groups in total. The highest BCUT2D eigenvalue weighted by atomic mass is 32.1. The number of hydrogen-bond acceptors (Lipinski definition) is 5. The second-order valence-electron chi connectivity index (χ2n) is 12.4. The third kappa shape index (κ3) is 4.90. The lowest BCUT2D eigenvalue weighted by Crippen LogP contribution is -1.99. The van der Waals surface area contributed by atoms with Crippen molar-refractivity contribution >= 4 is 63.0 Å². The molecule has 0 bridgehead atoms. The van der Waals surface area contributed by atoms with Crippen LogP contribution >= 0.6 is 22.7 Å². The molecule has 0 amide bonds. The standard InChI is InChI=1S/C45H27N3S2/c1-3-12-28(13-4-1)43-46-44(29-14-5-2-6-15-29)48-45(47-43)31-23-25-36-35-24-22-30(26-40(35)49-41(36)27-31)32-16-7-8-17-33(32)37-19-11-20-38-34-18-9-10-21-39(34)50-42(37)38/h1-27H. The van der Waals surface area contributed by atoms with E-state index in [0.29, 0.717) is 17.5 Å². The topological polar surface area (TPSA) is 38.7 Å². The van der Waals surface area contributed by atoms with Crippen molar-refractivity contribution in [2.45, 2.75) is 0 Å². The summed E-state index contributed by atoms with van der Waals surface area (Å²) in [5.41, 5.74) is 7.90. The molecule has 0 aliphatic heterocycles. The number of fused-ring (bicyclic) bond motifs is 6. The average molecular weight is 674 g/mol. The highest BCUT2D eigenvalue weighted by molar-refractivity contribution is 7.26. The minimum atomic E-state index is 0.667. The van der Waals surface area contributed by atoms with E-state index in [4.69, 9.17) is 15.0 Å². The quantitative estimate of drug-likeness (QED) is 0.182. The Morgan fingerprint density at radius 1 is 0.300 bits per heavy atom. The average Bonchev–Trinajstić information content (AvgIpc) is 3.76. The summed E-state index contributed by atoms with van der Waals surface area (Å²) in [7, 11) is 0. The molecule has 0 unspecified atom stereocenters. The highest BCUT2D eigenvalue weighted by Crippen LogP contribution is 2.44. The SMILES string of the molecule is c1ccc(-c2nc(-c3ccccc3)nc(-c3ccc4c(c3)sc3cc(-c5ccccc5-c5cccc6c5sc5ccccc56)ccc34)n2)cc1. The molecule has 0 spiro atoms. The molecule has 3 aromatic heterocycles. The first-order chi connectivity index (χ1) is 24.8. The summed E-state index contributed by atoms with van der Waals surface area (Å²) in [4.78, 5) is 14.8. The molecule has 3 nitrogen and oxygen atoms in total. The Labute approximate surface area is 296 Å². The van der Waals surface area contributed by atoms with Gasteiger partial charge in [-0.3, -0.25) is 0 Å².